The normalized spacial score (nSPS) is 11.0. The molecule has 0 aliphatic carbocycles. The van der Waals surface area contributed by atoms with Crippen molar-refractivity contribution < 1.29 is 19.0 Å². The number of aryl methyl sites for hydroxylation is 1. The monoisotopic (exact) mass is 512 g/mol. The lowest BCUT2D eigenvalue weighted by molar-refractivity contribution is -0.112. The smallest absolute Gasteiger partial charge is 0.268 e. The molecule has 1 heterocycles. The second kappa shape index (κ2) is 13.3. The van der Waals surface area contributed by atoms with Gasteiger partial charge in [0.15, 0.2) is 11.5 Å². The maximum Gasteiger partial charge on any atom is 0.268 e. The maximum absolute atomic E-state index is 12.6. The molecule has 1 aromatic heterocycles. The van der Waals surface area contributed by atoms with Gasteiger partial charge in [0.1, 0.15) is 35.6 Å². The molecule has 3 rings (SSSR count). The van der Waals surface area contributed by atoms with Crippen molar-refractivity contribution in [1.82, 2.24) is 10.2 Å². The van der Waals surface area contributed by atoms with Crippen LogP contribution in [-0.4, -0.2) is 35.9 Å². The Morgan fingerprint density at radius 1 is 1.14 bits per heavy atom. The quantitative estimate of drug-likeness (QED) is 0.193. The summed E-state index contributed by atoms with van der Waals surface area (Å²) in [6, 6.07) is 14.6. The Morgan fingerprint density at radius 3 is 2.63 bits per heavy atom. The van der Waals surface area contributed by atoms with Crippen LogP contribution in [0, 0.1) is 11.3 Å². The van der Waals surface area contributed by atoms with Crippen LogP contribution < -0.4 is 19.5 Å². The number of benzene rings is 2. The van der Waals surface area contributed by atoms with E-state index in [0.717, 1.165) is 23.6 Å². The molecule has 0 bridgehead atoms. The summed E-state index contributed by atoms with van der Waals surface area (Å²) in [5.74, 6) is 0.920. The van der Waals surface area contributed by atoms with Gasteiger partial charge in [-0.3, -0.25) is 10.1 Å². The molecular formula is C25H25ClN4O4S. The molecule has 0 radical (unpaired) electrons. The summed E-state index contributed by atoms with van der Waals surface area (Å²) in [4.78, 5) is 12.6. The van der Waals surface area contributed by atoms with Gasteiger partial charge in [-0.15, -0.1) is 10.2 Å². The first-order valence-electron chi connectivity index (χ1n) is 11.1. The van der Waals surface area contributed by atoms with Gasteiger partial charge in [0, 0.05) is 6.42 Å². The largest absolute Gasteiger partial charge is 0.490 e. The minimum Gasteiger partial charge on any atom is -0.490 e. The average Bonchev–Trinajstić information content (AvgIpc) is 3.29. The molecule has 0 aliphatic heterocycles. The van der Waals surface area contributed by atoms with Crippen LogP contribution in [-0.2, 0) is 11.2 Å². The molecule has 0 saturated heterocycles. The molecule has 0 spiro atoms. The van der Waals surface area contributed by atoms with E-state index in [2.05, 4.69) is 15.5 Å². The molecule has 1 N–H and O–H groups in total. The molecule has 3 aromatic rings. The summed E-state index contributed by atoms with van der Waals surface area (Å²) in [5.41, 5.74) is 0.405. The van der Waals surface area contributed by atoms with Crippen LogP contribution in [0.15, 0.2) is 48.0 Å². The second-order valence-electron chi connectivity index (χ2n) is 7.15. The number of amides is 1. The van der Waals surface area contributed by atoms with Crippen LogP contribution >= 0.6 is 22.9 Å². The van der Waals surface area contributed by atoms with Gasteiger partial charge in [0.25, 0.3) is 5.91 Å². The molecule has 8 nitrogen and oxygen atoms in total. The number of nitrogens with zero attached hydrogens (tertiary/aromatic N) is 3. The number of hydrogen-bond acceptors (Lipinski definition) is 8. The van der Waals surface area contributed by atoms with E-state index in [9.17, 15) is 10.1 Å². The van der Waals surface area contributed by atoms with Crippen molar-refractivity contribution in [2.75, 3.05) is 25.1 Å². The number of nitriles is 1. The zero-order chi connectivity index (χ0) is 25.0. The van der Waals surface area contributed by atoms with Gasteiger partial charge in [-0.25, -0.2) is 0 Å². The number of rotatable bonds is 12. The Kier molecular flexibility index (Phi) is 9.90. The highest BCUT2D eigenvalue weighted by molar-refractivity contribution is 7.15. The summed E-state index contributed by atoms with van der Waals surface area (Å²) in [7, 11) is 0. The lowest BCUT2D eigenvalue weighted by Gasteiger charge is -2.15. The van der Waals surface area contributed by atoms with Crippen molar-refractivity contribution in [2.24, 2.45) is 0 Å². The molecule has 10 heteroatoms. The topological polar surface area (TPSA) is 106 Å². The molecule has 0 unspecified atom stereocenters. The minimum atomic E-state index is -0.584. The van der Waals surface area contributed by atoms with Gasteiger partial charge < -0.3 is 14.2 Å². The van der Waals surface area contributed by atoms with E-state index in [4.69, 9.17) is 25.8 Å². The highest BCUT2D eigenvalue weighted by Gasteiger charge is 2.16. The number of carbonyl (C=O) groups is 1. The number of halogens is 1. The lowest BCUT2D eigenvalue weighted by atomic mass is 10.1. The van der Waals surface area contributed by atoms with Crippen molar-refractivity contribution in [1.29, 1.82) is 5.26 Å². The Balaban J connectivity index is 1.71. The van der Waals surface area contributed by atoms with Crippen LogP contribution in [0.2, 0.25) is 5.02 Å². The predicted molar refractivity (Wildman–Crippen MR) is 136 cm³/mol. The highest BCUT2D eigenvalue weighted by Crippen LogP contribution is 2.37. The third kappa shape index (κ3) is 7.70. The summed E-state index contributed by atoms with van der Waals surface area (Å²) in [6.07, 6.45) is 3.13. The Labute approximate surface area is 213 Å². The van der Waals surface area contributed by atoms with E-state index >= 15 is 0 Å². The average molecular weight is 513 g/mol. The second-order valence-corrected chi connectivity index (χ2v) is 8.62. The molecule has 0 atom stereocenters. The third-order valence-electron chi connectivity index (χ3n) is 4.50. The Hall–Kier alpha value is -3.61. The number of hydrogen-bond donors (Lipinski definition) is 1. The highest BCUT2D eigenvalue weighted by atomic mass is 35.5. The van der Waals surface area contributed by atoms with E-state index in [1.54, 1.807) is 12.1 Å². The molecule has 1 amide bonds. The first-order chi connectivity index (χ1) is 17.0. The molecule has 0 saturated carbocycles. The lowest BCUT2D eigenvalue weighted by Crippen LogP contribution is -2.13. The predicted octanol–water partition coefficient (Wildman–Crippen LogP) is 5.55. The first-order valence-corrected chi connectivity index (χ1v) is 12.3. The Bertz CT molecular complexity index is 1210. The number of ether oxygens (including phenoxy) is 3. The summed E-state index contributed by atoms with van der Waals surface area (Å²) >= 11 is 7.74. The van der Waals surface area contributed by atoms with Gasteiger partial charge in [0.2, 0.25) is 5.13 Å². The fourth-order valence-corrected chi connectivity index (χ4v) is 4.10. The molecule has 2 aromatic carbocycles. The Morgan fingerprint density at radius 2 is 1.91 bits per heavy atom. The molecule has 0 fully saturated rings. The van der Waals surface area contributed by atoms with Crippen LogP contribution in [0.5, 0.6) is 17.2 Å². The third-order valence-corrected chi connectivity index (χ3v) is 5.68. The van der Waals surface area contributed by atoms with Crippen molar-refractivity contribution in [3.8, 4) is 23.3 Å². The van der Waals surface area contributed by atoms with Crippen LogP contribution in [0.25, 0.3) is 6.08 Å². The number of carbonyl (C=O) groups excluding carboxylic acids is 1. The van der Waals surface area contributed by atoms with Gasteiger partial charge >= 0.3 is 0 Å². The summed E-state index contributed by atoms with van der Waals surface area (Å²) in [6.45, 7) is 4.81. The van der Waals surface area contributed by atoms with E-state index < -0.39 is 5.91 Å². The fraction of sp³-hybridized carbons (Fsp3) is 0.280. The summed E-state index contributed by atoms with van der Waals surface area (Å²) < 4.78 is 17.1. The molecule has 0 aliphatic rings. The van der Waals surface area contributed by atoms with Crippen molar-refractivity contribution in [2.45, 2.75) is 26.7 Å². The molecular weight excluding hydrogens is 488 g/mol. The van der Waals surface area contributed by atoms with Crippen LogP contribution in [0.1, 0.15) is 30.8 Å². The first kappa shape index (κ1) is 26.0. The van der Waals surface area contributed by atoms with Crippen molar-refractivity contribution >= 4 is 40.1 Å². The van der Waals surface area contributed by atoms with Crippen LogP contribution in [0.4, 0.5) is 5.13 Å². The standard InChI is InChI=1S/C25H25ClN4O4S/c1-3-8-22-29-30-25(35-22)28-24(31)18(16-27)13-17-14-20(26)23(21(15-17)32-4-2)34-12-11-33-19-9-6-5-7-10-19/h5-7,9-10,13-15H,3-4,8,11-12H2,1-2H3,(H,28,30,31). The molecule has 182 valence electrons. The van der Waals surface area contributed by atoms with Gasteiger partial charge in [0.05, 0.1) is 11.6 Å². The van der Waals surface area contributed by atoms with Crippen molar-refractivity contribution in [3.05, 3.63) is 63.6 Å². The van der Waals surface area contributed by atoms with E-state index in [1.807, 2.05) is 50.2 Å². The number of para-hydroxylation sites is 1. The van der Waals surface area contributed by atoms with Gasteiger partial charge in [-0.1, -0.05) is 48.1 Å². The number of aromatic nitrogens is 2. The van der Waals surface area contributed by atoms with Gasteiger partial charge in [-0.2, -0.15) is 5.26 Å². The van der Waals surface area contributed by atoms with E-state index in [-0.39, 0.29) is 17.2 Å². The van der Waals surface area contributed by atoms with Gasteiger partial charge in [-0.05, 0) is 49.2 Å². The van der Waals surface area contributed by atoms with Crippen molar-refractivity contribution in [3.63, 3.8) is 0 Å². The van der Waals surface area contributed by atoms with E-state index in [0.29, 0.717) is 35.4 Å². The summed E-state index contributed by atoms with van der Waals surface area (Å²) in [5, 5.41) is 21.6. The zero-order valence-electron chi connectivity index (χ0n) is 19.4. The van der Waals surface area contributed by atoms with E-state index in [1.165, 1.54) is 17.4 Å². The fourth-order valence-electron chi connectivity index (χ4n) is 2.99. The maximum atomic E-state index is 12.6. The minimum absolute atomic E-state index is 0.110. The number of anilines is 1. The number of nitrogens with one attached hydrogen (secondary N) is 1. The van der Waals surface area contributed by atoms with Crippen LogP contribution in [0.3, 0.4) is 0 Å². The zero-order valence-corrected chi connectivity index (χ0v) is 21.0. The SMILES string of the molecule is CCCc1nnc(NC(=O)C(C#N)=Cc2cc(Cl)c(OCCOc3ccccc3)c(OCC)c2)s1. The molecule has 35 heavy (non-hydrogen) atoms.